The van der Waals surface area contributed by atoms with Crippen molar-refractivity contribution in [2.75, 3.05) is 42.6 Å². The number of hydrogen-bond acceptors (Lipinski definition) is 6. The Morgan fingerprint density at radius 2 is 1.61 bits per heavy atom. The third-order valence-corrected chi connectivity index (χ3v) is 9.53. The molecule has 10 heteroatoms. The molecule has 2 aromatic rings. The zero-order chi connectivity index (χ0) is 31.6. The lowest BCUT2D eigenvalue weighted by atomic mass is 9.64. The maximum Gasteiger partial charge on any atom is 0.253 e. The summed E-state index contributed by atoms with van der Waals surface area (Å²) >= 11 is 6.13. The molecule has 5 atom stereocenters. The lowest BCUT2D eigenvalue weighted by Crippen LogP contribution is -2.57. The van der Waals surface area contributed by atoms with Crippen LogP contribution in [0.2, 0.25) is 5.02 Å². The summed E-state index contributed by atoms with van der Waals surface area (Å²) in [6.07, 6.45) is 4.72. The van der Waals surface area contributed by atoms with Gasteiger partial charge in [0.25, 0.3) is 5.91 Å². The van der Waals surface area contributed by atoms with Crippen molar-refractivity contribution in [2.45, 2.75) is 50.4 Å². The van der Waals surface area contributed by atoms with Gasteiger partial charge in [0.05, 0.1) is 30.7 Å². The van der Waals surface area contributed by atoms with Gasteiger partial charge in [-0.1, -0.05) is 30.7 Å². The molecule has 0 aromatic heterocycles. The van der Waals surface area contributed by atoms with E-state index in [2.05, 4.69) is 13.2 Å². The molecule has 2 aromatic carbocycles. The van der Waals surface area contributed by atoms with Crippen LogP contribution in [0.25, 0.3) is 0 Å². The van der Waals surface area contributed by atoms with Gasteiger partial charge in [-0.25, -0.2) is 0 Å². The highest BCUT2D eigenvalue weighted by atomic mass is 35.5. The maximum atomic E-state index is 14.6. The Hall–Kier alpha value is -3.66. The minimum Gasteiger partial charge on any atom is -0.494 e. The number of carbonyl (C=O) groups is 3. The molecule has 3 fully saturated rings. The Kier molecular flexibility index (Phi) is 9.20. The average molecular weight is 622 g/mol. The summed E-state index contributed by atoms with van der Waals surface area (Å²) in [7, 11) is 0. The fourth-order valence-corrected chi connectivity index (χ4v) is 7.58. The molecule has 0 radical (unpaired) electrons. The highest BCUT2D eigenvalue weighted by molar-refractivity contribution is 6.30. The van der Waals surface area contributed by atoms with Crippen LogP contribution >= 0.6 is 11.6 Å². The molecule has 3 aliphatic rings. The number of rotatable bonds is 13. The number of β-amino-alcohol motifs (C(OH)–C–C–N with tert-alkyl or cyclic N) is 1. The number of aliphatic hydroxyl groups is 1. The van der Waals surface area contributed by atoms with E-state index in [-0.39, 0.29) is 44.0 Å². The molecule has 3 aliphatic heterocycles. The molecule has 3 heterocycles. The Morgan fingerprint density at radius 1 is 1.02 bits per heavy atom. The summed E-state index contributed by atoms with van der Waals surface area (Å²) in [5.74, 6) is -2.01. The second kappa shape index (κ2) is 12.8. The molecule has 0 saturated carbocycles. The SMILES string of the molecule is C=CCN(C(=O)C1N(CCO)C(=O)[C@@H]2[C@H](C(=O)N(CC=C)c3ccc(OCC)cc3)[C@]3(CC)CCC12O3)c1ccc(Cl)cc1. The van der Waals surface area contributed by atoms with Crippen LogP contribution in [0.5, 0.6) is 5.75 Å². The van der Waals surface area contributed by atoms with Crippen molar-refractivity contribution < 1.29 is 29.0 Å². The van der Waals surface area contributed by atoms with E-state index in [1.165, 1.54) is 4.90 Å². The number of nitrogens with zero attached hydrogens (tertiary/aromatic N) is 3. The monoisotopic (exact) mass is 621 g/mol. The van der Waals surface area contributed by atoms with Gasteiger partial charge in [0.2, 0.25) is 11.8 Å². The number of carbonyl (C=O) groups excluding carboxylic acids is 3. The van der Waals surface area contributed by atoms with Gasteiger partial charge in [-0.15, -0.1) is 13.2 Å². The number of likely N-dealkylation sites (tertiary alicyclic amines) is 1. The van der Waals surface area contributed by atoms with E-state index in [9.17, 15) is 19.5 Å². The molecule has 3 amide bonds. The Labute approximate surface area is 263 Å². The van der Waals surface area contributed by atoms with E-state index in [0.717, 1.165) is 0 Å². The predicted octanol–water partition coefficient (Wildman–Crippen LogP) is 4.62. The van der Waals surface area contributed by atoms with Gasteiger partial charge >= 0.3 is 0 Å². The second-order valence-electron chi connectivity index (χ2n) is 11.5. The van der Waals surface area contributed by atoms with Crippen LogP contribution in [-0.2, 0) is 19.1 Å². The van der Waals surface area contributed by atoms with E-state index in [4.69, 9.17) is 21.1 Å². The fraction of sp³-hybridized carbons (Fsp3) is 0.441. The standard InChI is InChI=1S/C34H40ClN3O6/c1-5-19-36(25-13-15-26(16-14-25)43-8-4)30(40)27-28-31(41)38(21-22-39)29(34(28)18-17-33(27,7-3)44-34)32(42)37(20-6-2)24-11-9-23(35)10-12-24/h5-6,9-16,27-29,39H,1-2,7-8,17-22H2,3-4H3/t27-,28+,29?,33+,34?/m1/s1. The number of benzene rings is 2. The first-order valence-electron chi connectivity index (χ1n) is 15.2. The van der Waals surface area contributed by atoms with Crippen LogP contribution in [0.15, 0.2) is 73.8 Å². The fourth-order valence-electron chi connectivity index (χ4n) is 7.45. The summed E-state index contributed by atoms with van der Waals surface area (Å²) < 4.78 is 12.5. The molecule has 5 rings (SSSR count). The minimum atomic E-state index is -1.23. The smallest absolute Gasteiger partial charge is 0.253 e. The summed E-state index contributed by atoms with van der Waals surface area (Å²) in [6.45, 7) is 12.1. The molecular formula is C34H40ClN3O6. The van der Waals surface area contributed by atoms with Gasteiger partial charge in [-0.3, -0.25) is 14.4 Å². The molecule has 9 nitrogen and oxygen atoms in total. The van der Waals surface area contributed by atoms with E-state index in [1.807, 2.05) is 26.0 Å². The Morgan fingerprint density at radius 3 is 2.16 bits per heavy atom. The highest BCUT2D eigenvalue weighted by Gasteiger charge is 2.79. The third-order valence-electron chi connectivity index (χ3n) is 9.27. The third kappa shape index (κ3) is 5.10. The zero-order valence-electron chi connectivity index (χ0n) is 25.3. The number of halogens is 1. The summed E-state index contributed by atoms with van der Waals surface area (Å²) in [6, 6.07) is 13.1. The van der Waals surface area contributed by atoms with Crippen molar-refractivity contribution >= 4 is 40.7 Å². The van der Waals surface area contributed by atoms with Crippen LogP contribution in [0.3, 0.4) is 0 Å². The molecular weight excluding hydrogens is 582 g/mol. The van der Waals surface area contributed by atoms with Crippen LogP contribution in [0, 0.1) is 11.8 Å². The van der Waals surface area contributed by atoms with Crippen molar-refractivity contribution in [3.05, 3.63) is 78.9 Å². The van der Waals surface area contributed by atoms with Gasteiger partial charge in [-0.2, -0.15) is 0 Å². The van der Waals surface area contributed by atoms with Gasteiger partial charge in [0.15, 0.2) is 0 Å². The number of amides is 3. The zero-order valence-corrected chi connectivity index (χ0v) is 26.0. The number of ether oxygens (including phenoxy) is 2. The summed E-state index contributed by atoms with van der Waals surface area (Å²) in [5.41, 5.74) is -0.917. The molecule has 2 bridgehead atoms. The summed E-state index contributed by atoms with van der Waals surface area (Å²) in [5, 5.41) is 10.5. The van der Waals surface area contributed by atoms with Crippen LogP contribution in [-0.4, -0.2) is 77.8 Å². The Balaban J connectivity index is 1.57. The number of anilines is 2. The van der Waals surface area contributed by atoms with Crippen molar-refractivity contribution in [1.29, 1.82) is 0 Å². The topological polar surface area (TPSA) is 99.6 Å². The van der Waals surface area contributed by atoms with Gasteiger partial charge in [0.1, 0.15) is 17.4 Å². The lowest BCUT2D eigenvalue weighted by Gasteiger charge is -2.37. The molecule has 1 N–H and O–H groups in total. The highest BCUT2D eigenvalue weighted by Crippen LogP contribution is 2.64. The van der Waals surface area contributed by atoms with Crippen LogP contribution in [0.4, 0.5) is 11.4 Å². The number of hydrogen-bond donors (Lipinski definition) is 1. The van der Waals surface area contributed by atoms with Gasteiger partial charge in [0, 0.05) is 36.0 Å². The van der Waals surface area contributed by atoms with E-state index in [0.29, 0.717) is 48.0 Å². The normalized spacial score (nSPS) is 26.8. The largest absolute Gasteiger partial charge is 0.494 e. The number of aliphatic hydroxyl groups excluding tert-OH is 1. The van der Waals surface area contributed by atoms with Crippen molar-refractivity contribution in [3.8, 4) is 5.75 Å². The second-order valence-corrected chi connectivity index (χ2v) is 11.9. The van der Waals surface area contributed by atoms with Gasteiger partial charge < -0.3 is 29.3 Å². The molecule has 0 aliphatic carbocycles. The van der Waals surface area contributed by atoms with Crippen LogP contribution < -0.4 is 14.5 Å². The lowest BCUT2D eigenvalue weighted by molar-refractivity contribution is -0.146. The van der Waals surface area contributed by atoms with Crippen molar-refractivity contribution in [2.24, 2.45) is 11.8 Å². The molecule has 44 heavy (non-hydrogen) atoms. The van der Waals surface area contributed by atoms with E-state index >= 15 is 0 Å². The number of fused-ring (bicyclic) bond motifs is 1. The van der Waals surface area contributed by atoms with E-state index in [1.54, 1.807) is 58.4 Å². The maximum absolute atomic E-state index is 14.6. The molecule has 234 valence electrons. The van der Waals surface area contributed by atoms with Crippen LogP contribution in [0.1, 0.15) is 33.1 Å². The van der Waals surface area contributed by atoms with Crippen molar-refractivity contribution in [3.63, 3.8) is 0 Å². The van der Waals surface area contributed by atoms with Crippen molar-refractivity contribution in [1.82, 2.24) is 4.90 Å². The molecule has 1 spiro atoms. The van der Waals surface area contributed by atoms with Gasteiger partial charge in [-0.05, 0) is 74.7 Å². The van der Waals surface area contributed by atoms with E-state index < -0.39 is 29.1 Å². The minimum absolute atomic E-state index is 0.0608. The predicted molar refractivity (Wildman–Crippen MR) is 170 cm³/mol. The first kappa shape index (κ1) is 31.8. The Bertz CT molecular complexity index is 1420. The molecule has 3 saturated heterocycles. The quantitative estimate of drug-likeness (QED) is 0.328. The molecule has 2 unspecified atom stereocenters. The summed E-state index contributed by atoms with van der Waals surface area (Å²) in [4.78, 5) is 48.2. The average Bonchev–Trinajstić information content (AvgIpc) is 3.63. The first-order valence-corrected chi connectivity index (χ1v) is 15.5. The first-order chi connectivity index (χ1) is 21.2.